The van der Waals surface area contributed by atoms with Crippen molar-refractivity contribution < 1.29 is 0 Å². The van der Waals surface area contributed by atoms with Crippen molar-refractivity contribution >= 4 is 34.8 Å². The Kier molecular flexibility index (Phi) is 3.78. The van der Waals surface area contributed by atoms with Gasteiger partial charge in [-0.05, 0) is 30.7 Å². The molecule has 0 saturated carbocycles. The van der Waals surface area contributed by atoms with E-state index in [-0.39, 0.29) is 5.38 Å². The van der Waals surface area contributed by atoms with Crippen molar-refractivity contribution in [2.75, 3.05) is 13.1 Å². The summed E-state index contributed by atoms with van der Waals surface area (Å²) in [5, 5.41) is 1.71. The van der Waals surface area contributed by atoms with Crippen LogP contribution in [-0.2, 0) is 6.54 Å². The van der Waals surface area contributed by atoms with Crippen LogP contribution in [-0.4, -0.2) is 23.4 Å². The number of nitrogens with zero attached hydrogens (tertiary/aromatic N) is 1. The predicted octanol–water partition coefficient (Wildman–Crippen LogP) is 3.81. The number of hydrogen-bond acceptors (Lipinski definition) is 1. The molecule has 1 aliphatic rings. The summed E-state index contributed by atoms with van der Waals surface area (Å²) in [7, 11) is 0. The normalized spacial score (nSPS) is 22.2. The zero-order valence-electron chi connectivity index (χ0n) is 8.22. The third kappa shape index (κ3) is 3.01. The summed E-state index contributed by atoms with van der Waals surface area (Å²) < 4.78 is 0. The number of halogens is 3. The summed E-state index contributed by atoms with van der Waals surface area (Å²) in [6.45, 7) is 2.85. The molecule has 0 radical (unpaired) electrons. The van der Waals surface area contributed by atoms with Gasteiger partial charge in [0, 0.05) is 28.5 Å². The van der Waals surface area contributed by atoms with Gasteiger partial charge in [-0.15, -0.1) is 11.6 Å². The molecule has 0 bridgehead atoms. The molecule has 1 aliphatic heterocycles. The lowest BCUT2D eigenvalue weighted by atomic mass is 10.2. The predicted molar refractivity (Wildman–Crippen MR) is 66.0 cm³/mol. The van der Waals surface area contributed by atoms with Gasteiger partial charge in [-0.3, -0.25) is 4.90 Å². The summed E-state index contributed by atoms with van der Waals surface area (Å²) in [6.07, 6.45) is 1.06. The van der Waals surface area contributed by atoms with Gasteiger partial charge in [0.05, 0.1) is 0 Å². The van der Waals surface area contributed by atoms with Gasteiger partial charge in [-0.2, -0.15) is 0 Å². The highest BCUT2D eigenvalue weighted by Crippen LogP contribution is 2.24. The first kappa shape index (κ1) is 11.5. The largest absolute Gasteiger partial charge is 0.298 e. The minimum Gasteiger partial charge on any atom is -0.298 e. The van der Waals surface area contributed by atoms with Gasteiger partial charge < -0.3 is 0 Å². The molecule has 15 heavy (non-hydrogen) atoms. The van der Waals surface area contributed by atoms with Crippen molar-refractivity contribution in [3.05, 3.63) is 33.8 Å². The van der Waals surface area contributed by atoms with Crippen molar-refractivity contribution in [3.63, 3.8) is 0 Å². The molecule has 2 rings (SSSR count). The smallest absolute Gasteiger partial charge is 0.0475 e. The molecule has 0 aliphatic carbocycles. The maximum Gasteiger partial charge on any atom is 0.0475 e. The van der Waals surface area contributed by atoms with Crippen molar-refractivity contribution in [3.8, 4) is 0 Å². The van der Waals surface area contributed by atoms with E-state index in [4.69, 9.17) is 34.8 Å². The molecule has 0 aromatic heterocycles. The molecule has 1 nitrogen and oxygen atoms in total. The SMILES string of the molecule is Clc1ccc(CN2CCC(Cl)C2)c(Cl)c1. The Morgan fingerprint density at radius 2 is 2.13 bits per heavy atom. The molecule has 1 aromatic carbocycles. The molecule has 1 aromatic rings. The number of hydrogen-bond donors (Lipinski definition) is 0. The van der Waals surface area contributed by atoms with Crippen LogP contribution in [0.4, 0.5) is 0 Å². The van der Waals surface area contributed by atoms with Crippen LogP contribution in [0.1, 0.15) is 12.0 Å². The second kappa shape index (κ2) is 4.92. The standard InChI is InChI=1S/C11H12Cl3N/c12-9-2-1-8(11(14)5-9)6-15-4-3-10(13)7-15/h1-2,5,10H,3-4,6-7H2. The highest BCUT2D eigenvalue weighted by Gasteiger charge is 2.20. The second-order valence-corrected chi connectivity index (χ2v) is 5.32. The highest BCUT2D eigenvalue weighted by atomic mass is 35.5. The van der Waals surface area contributed by atoms with E-state index < -0.39 is 0 Å². The molecular formula is C11H12Cl3N. The van der Waals surface area contributed by atoms with Crippen LogP contribution in [0.25, 0.3) is 0 Å². The van der Waals surface area contributed by atoms with E-state index in [1.807, 2.05) is 12.1 Å². The third-order valence-corrected chi connectivity index (χ3v) is 3.57. The van der Waals surface area contributed by atoms with Gasteiger partial charge in [0.2, 0.25) is 0 Å². The van der Waals surface area contributed by atoms with Crippen molar-refractivity contribution in [2.45, 2.75) is 18.3 Å². The Morgan fingerprint density at radius 1 is 1.33 bits per heavy atom. The van der Waals surface area contributed by atoms with E-state index in [2.05, 4.69) is 4.90 Å². The first-order valence-corrected chi connectivity index (χ1v) is 6.15. The molecule has 0 spiro atoms. The summed E-state index contributed by atoms with van der Waals surface area (Å²) in [4.78, 5) is 2.31. The lowest BCUT2D eigenvalue weighted by Gasteiger charge is -2.15. The fourth-order valence-electron chi connectivity index (χ4n) is 1.82. The van der Waals surface area contributed by atoms with E-state index in [9.17, 15) is 0 Å². The molecule has 1 saturated heterocycles. The van der Waals surface area contributed by atoms with E-state index >= 15 is 0 Å². The van der Waals surface area contributed by atoms with Crippen LogP contribution in [0, 0.1) is 0 Å². The first-order chi connectivity index (χ1) is 7.15. The Bertz CT molecular complexity index is 354. The molecule has 0 amide bonds. The zero-order valence-corrected chi connectivity index (χ0v) is 10.5. The van der Waals surface area contributed by atoms with Crippen LogP contribution in [0.5, 0.6) is 0 Å². The molecular weight excluding hydrogens is 252 g/mol. The topological polar surface area (TPSA) is 3.24 Å². The zero-order chi connectivity index (χ0) is 10.8. The van der Waals surface area contributed by atoms with E-state index in [1.54, 1.807) is 6.07 Å². The molecule has 1 unspecified atom stereocenters. The van der Waals surface area contributed by atoms with E-state index in [1.165, 1.54) is 0 Å². The Labute approximate surface area is 105 Å². The molecule has 82 valence electrons. The van der Waals surface area contributed by atoms with Crippen molar-refractivity contribution in [1.29, 1.82) is 0 Å². The molecule has 0 N–H and O–H groups in total. The fraction of sp³-hybridized carbons (Fsp3) is 0.455. The lowest BCUT2D eigenvalue weighted by Crippen LogP contribution is -2.20. The highest BCUT2D eigenvalue weighted by molar-refractivity contribution is 6.35. The Morgan fingerprint density at radius 3 is 2.73 bits per heavy atom. The Hall–Kier alpha value is 0.0500. The quantitative estimate of drug-likeness (QED) is 0.734. The summed E-state index contributed by atoms with van der Waals surface area (Å²) in [5.74, 6) is 0. The van der Waals surface area contributed by atoms with Crippen LogP contribution in [0.15, 0.2) is 18.2 Å². The minimum absolute atomic E-state index is 0.288. The fourth-order valence-corrected chi connectivity index (χ4v) is 2.58. The number of likely N-dealkylation sites (tertiary alicyclic amines) is 1. The maximum atomic E-state index is 6.10. The van der Waals surface area contributed by atoms with Gasteiger partial charge in [0.15, 0.2) is 0 Å². The molecule has 4 heteroatoms. The maximum absolute atomic E-state index is 6.10. The number of rotatable bonds is 2. The third-order valence-electron chi connectivity index (χ3n) is 2.62. The molecule has 1 heterocycles. The Balaban J connectivity index is 2.04. The van der Waals surface area contributed by atoms with Crippen LogP contribution >= 0.6 is 34.8 Å². The summed E-state index contributed by atoms with van der Waals surface area (Å²) >= 11 is 18.0. The van der Waals surface area contributed by atoms with Crippen molar-refractivity contribution in [2.24, 2.45) is 0 Å². The van der Waals surface area contributed by atoms with Gasteiger partial charge in [0.1, 0.15) is 0 Å². The van der Waals surface area contributed by atoms with E-state index in [0.717, 1.165) is 36.6 Å². The van der Waals surface area contributed by atoms with Gasteiger partial charge >= 0.3 is 0 Å². The van der Waals surface area contributed by atoms with Gasteiger partial charge in [-0.25, -0.2) is 0 Å². The monoisotopic (exact) mass is 263 g/mol. The molecule has 1 fully saturated rings. The van der Waals surface area contributed by atoms with Gasteiger partial charge in [-0.1, -0.05) is 29.3 Å². The van der Waals surface area contributed by atoms with Crippen LogP contribution in [0.2, 0.25) is 10.0 Å². The average molecular weight is 265 g/mol. The minimum atomic E-state index is 0.288. The summed E-state index contributed by atoms with van der Waals surface area (Å²) in [6, 6.07) is 5.63. The van der Waals surface area contributed by atoms with E-state index in [0.29, 0.717) is 5.02 Å². The average Bonchev–Trinajstić information content (AvgIpc) is 2.56. The second-order valence-electron chi connectivity index (χ2n) is 3.86. The number of benzene rings is 1. The van der Waals surface area contributed by atoms with Crippen LogP contribution < -0.4 is 0 Å². The molecule has 1 atom stereocenters. The summed E-state index contributed by atoms with van der Waals surface area (Å²) in [5.41, 5.74) is 1.12. The van der Waals surface area contributed by atoms with Gasteiger partial charge in [0.25, 0.3) is 0 Å². The first-order valence-electron chi connectivity index (χ1n) is 4.95. The lowest BCUT2D eigenvalue weighted by molar-refractivity contribution is 0.332. The number of alkyl halides is 1. The van der Waals surface area contributed by atoms with Crippen molar-refractivity contribution in [1.82, 2.24) is 4.90 Å². The van der Waals surface area contributed by atoms with Crippen LogP contribution in [0.3, 0.4) is 0 Å².